The van der Waals surface area contributed by atoms with Crippen molar-refractivity contribution in [3.63, 3.8) is 0 Å². The smallest absolute Gasteiger partial charge is 0.274 e. The molecule has 0 bridgehead atoms. The van der Waals surface area contributed by atoms with Crippen molar-refractivity contribution in [1.29, 1.82) is 0 Å². The Labute approximate surface area is 106 Å². The summed E-state index contributed by atoms with van der Waals surface area (Å²) in [5, 5.41) is 20.1. The molecule has 0 saturated heterocycles. The van der Waals surface area contributed by atoms with Crippen LogP contribution in [0.1, 0.15) is 31.9 Å². The molecule has 0 aliphatic heterocycles. The highest BCUT2D eigenvalue weighted by molar-refractivity contribution is 5.85. The Morgan fingerprint density at radius 1 is 1.47 bits per heavy atom. The van der Waals surface area contributed by atoms with Gasteiger partial charge in [-0.2, -0.15) is 0 Å². The van der Waals surface area contributed by atoms with Crippen molar-refractivity contribution in [2.45, 2.75) is 26.3 Å². The van der Waals surface area contributed by atoms with E-state index in [1.165, 1.54) is 18.2 Å². The van der Waals surface area contributed by atoms with Crippen LogP contribution in [-0.4, -0.2) is 10.0 Å². The lowest BCUT2D eigenvalue weighted by atomic mass is 9.96. The van der Waals surface area contributed by atoms with E-state index >= 15 is 0 Å². The maximum absolute atomic E-state index is 10.8. The molecule has 0 heterocycles. The topological polar surface area (TPSA) is 89.4 Å². The second-order valence-corrected chi connectivity index (χ2v) is 4.24. The number of aromatic hydroxyl groups is 1. The van der Waals surface area contributed by atoms with Gasteiger partial charge in [-0.15, -0.1) is 12.4 Å². The molecule has 0 aliphatic carbocycles. The number of hydrogen-bond donors (Lipinski definition) is 2. The van der Waals surface area contributed by atoms with E-state index in [1.54, 1.807) is 0 Å². The number of hydrogen-bond acceptors (Lipinski definition) is 4. The van der Waals surface area contributed by atoms with Crippen molar-refractivity contribution in [2.24, 2.45) is 11.7 Å². The van der Waals surface area contributed by atoms with E-state index in [4.69, 9.17) is 5.73 Å². The second-order valence-electron chi connectivity index (χ2n) is 4.24. The number of halogens is 1. The molecule has 1 atom stereocenters. The molecule has 6 heteroatoms. The van der Waals surface area contributed by atoms with Crippen LogP contribution in [0.2, 0.25) is 0 Å². The average molecular weight is 261 g/mol. The molecule has 17 heavy (non-hydrogen) atoms. The van der Waals surface area contributed by atoms with Gasteiger partial charge in [0.05, 0.1) is 10.5 Å². The summed E-state index contributed by atoms with van der Waals surface area (Å²) in [7, 11) is 0. The maximum atomic E-state index is 10.8. The molecule has 1 aromatic carbocycles. The summed E-state index contributed by atoms with van der Waals surface area (Å²) in [5.41, 5.74) is 6.24. The first kappa shape index (κ1) is 15.7. The third kappa shape index (κ3) is 4.20. The van der Waals surface area contributed by atoms with E-state index in [-0.39, 0.29) is 23.8 Å². The van der Waals surface area contributed by atoms with Crippen molar-refractivity contribution >= 4 is 18.1 Å². The number of nitrogens with two attached hydrogens (primary N) is 1. The van der Waals surface area contributed by atoms with E-state index < -0.39 is 11.0 Å². The quantitative estimate of drug-likeness (QED) is 0.643. The lowest BCUT2D eigenvalue weighted by Gasteiger charge is -2.14. The summed E-state index contributed by atoms with van der Waals surface area (Å²) in [6, 6.07) is 3.52. The number of benzene rings is 1. The Morgan fingerprint density at radius 2 is 2.06 bits per heavy atom. The van der Waals surface area contributed by atoms with Crippen LogP contribution in [0.15, 0.2) is 18.2 Å². The zero-order chi connectivity index (χ0) is 12.3. The van der Waals surface area contributed by atoms with Gasteiger partial charge in [-0.25, -0.2) is 0 Å². The van der Waals surface area contributed by atoms with Crippen LogP contribution in [0, 0.1) is 16.0 Å². The molecular weight excluding hydrogens is 244 g/mol. The van der Waals surface area contributed by atoms with Gasteiger partial charge in [-0.1, -0.05) is 13.8 Å². The highest BCUT2D eigenvalue weighted by Gasteiger charge is 2.20. The van der Waals surface area contributed by atoms with Gasteiger partial charge < -0.3 is 10.8 Å². The summed E-state index contributed by atoms with van der Waals surface area (Å²) in [5.74, 6) is 0.344. The molecule has 3 N–H and O–H groups in total. The van der Waals surface area contributed by atoms with E-state index in [0.29, 0.717) is 17.9 Å². The number of nitrogens with zero attached hydrogens (tertiary/aromatic N) is 1. The normalized spacial score (nSPS) is 12.0. The van der Waals surface area contributed by atoms with Gasteiger partial charge in [0, 0.05) is 12.1 Å². The molecule has 0 amide bonds. The third-order valence-electron chi connectivity index (χ3n) is 2.33. The monoisotopic (exact) mass is 260 g/mol. The molecule has 0 fully saturated rings. The molecule has 1 aromatic rings. The zero-order valence-corrected chi connectivity index (χ0v) is 10.6. The van der Waals surface area contributed by atoms with Crippen molar-refractivity contribution in [1.82, 2.24) is 0 Å². The van der Waals surface area contributed by atoms with Gasteiger partial charge in [0.25, 0.3) is 5.69 Å². The van der Waals surface area contributed by atoms with Crippen LogP contribution in [0.4, 0.5) is 5.69 Å². The zero-order valence-electron chi connectivity index (χ0n) is 9.79. The third-order valence-corrected chi connectivity index (χ3v) is 2.33. The minimum atomic E-state index is -0.477. The number of nitro groups is 1. The van der Waals surface area contributed by atoms with Crippen molar-refractivity contribution < 1.29 is 10.0 Å². The van der Waals surface area contributed by atoms with Crippen LogP contribution in [0.25, 0.3) is 0 Å². The molecule has 0 unspecified atom stereocenters. The average Bonchev–Trinajstić information content (AvgIpc) is 2.15. The van der Waals surface area contributed by atoms with E-state index in [9.17, 15) is 15.2 Å². The number of phenols is 1. The fraction of sp³-hybridized carbons (Fsp3) is 0.455. The summed E-state index contributed by atoms with van der Waals surface area (Å²) in [6.45, 7) is 3.99. The Morgan fingerprint density at radius 3 is 2.53 bits per heavy atom. The van der Waals surface area contributed by atoms with Gasteiger partial charge >= 0.3 is 0 Å². The molecule has 5 nitrogen and oxygen atoms in total. The summed E-state index contributed by atoms with van der Waals surface area (Å²) >= 11 is 0. The summed E-state index contributed by atoms with van der Waals surface area (Å²) in [6.07, 6.45) is 0.643. The van der Waals surface area contributed by atoms with Gasteiger partial charge in [0.1, 0.15) is 5.75 Å². The van der Waals surface area contributed by atoms with Crippen LogP contribution >= 0.6 is 12.4 Å². The van der Waals surface area contributed by atoms with Crippen LogP contribution < -0.4 is 5.73 Å². The SMILES string of the molecule is CC(C)C[C@@H](N)c1cc(O)ccc1[N+](=O)[O-].Cl. The van der Waals surface area contributed by atoms with Gasteiger partial charge in [0.15, 0.2) is 0 Å². The highest BCUT2D eigenvalue weighted by Crippen LogP contribution is 2.30. The first-order valence-corrected chi connectivity index (χ1v) is 5.14. The van der Waals surface area contributed by atoms with Crippen molar-refractivity contribution in [3.05, 3.63) is 33.9 Å². The lowest BCUT2D eigenvalue weighted by molar-refractivity contribution is -0.385. The molecule has 0 radical (unpaired) electrons. The highest BCUT2D eigenvalue weighted by atomic mass is 35.5. The maximum Gasteiger partial charge on any atom is 0.274 e. The van der Waals surface area contributed by atoms with Crippen molar-refractivity contribution in [3.8, 4) is 5.75 Å². The molecule has 1 rings (SSSR count). The van der Waals surface area contributed by atoms with E-state index in [1.807, 2.05) is 13.8 Å². The molecule has 0 spiro atoms. The van der Waals surface area contributed by atoms with Crippen LogP contribution in [0.5, 0.6) is 5.75 Å². The number of nitro benzene ring substituents is 1. The first-order chi connectivity index (χ1) is 7.41. The van der Waals surface area contributed by atoms with E-state index in [0.717, 1.165) is 0 Å². The fourth-order valence-electron chi connectivity index (χ4n) is 1.64. The fourth-order valence-corrected chi connectivity index (χ4v) is 1.64. The Bertz CT molecular complexity index is 396. The van der Waals surface area contributed by atoms with Crippen LogP contribution in [-0.2, 0) is 0 Å². The molecule has 0 aliphatic rings. The van der Waals surface area contributed by atoms with Crippen molar-refractivity contribution in [2.75, 3.05) is 0 Å². The first-order valence-electron chi connectivity index (χ1n) is 5.14. The van der Waals surface area contributed by atoms with Crippen LogP contribution in [0.3, 0.4) is 0 Å². The molecular formula is C11H17ClN2O3. The predicted octanol–water partition coefficient (Wildman–Crippen LogP) is 2.77. The number of rotatable bonds is 4. The number of phenolic OH excluding ortho intramolecular Hbond substituents is 1. The van der Waals surface area contributed by atoms with Gasteiger partial charge in [-0.3, -0.25) is 10.1 Å². The van der Waals surface area contributed by atoms with E-state index in [2.05, 4.69) is 0 Å². The van der Waals surface area contributed by atoms with Gasteiger partial charge in [-0.05, 0) is 24.5 Å². The molecule has 0 saturated carbocycles. The minimum absolute atomic E-state index is 0. The Kier molecular flexibility index (Phi) is 5.91. The largest absolute Gasteiger partial charge is 0.508 e. The predicted molar refractivity (Wildman–Crippen MR) is 68.4 cm³/mol. The standard InChI is InChI=1S/C11H16N2O3.ClH/c1-7(2)5-10(12)9-6-8(14)3-4-11(9)13(15)16;/h3-4,6-7,10,14H,5,12H2,1-2H3;1H/t10-;/m1./s1. The second kappa shape index (κ2) is 6.42. The summed E-state index contributed by atoms with van der Waals surface area (Å²) in [4.78, 5) is 10.3. The molecule has 0 aromatic heterocycles. The van der Waals surface area contributed by atoms with Gasteiger partial charge in [0.2, 0.25) is 0 Å². The Balaban J connectivity index is 0.00000256. The summed E-state index contributed by atoms with van der Waals surface area (Å²) < 4.78 is 0. The molecule has 96 valence electrons. The lowest BCUT2D eigenvalue weighted by Crippen LogP contribution is -2.14. The minimum Gasteiger partial charge on any atom is -0.508 e. The Hall–Kier alpha value is -1.33.